The Hall–Kier alpha value is -4.44. The molecule has 0 saturated heterocycles. The van der Waals surface area contributed by atoms with Gasteiger partial charge in [0, 0.05) is 63.0 Å². The summed E-state index contributed by atoms with van der Waals surface area (Å²) in [5.74, 6) is -2.99. The summed E-state index contributed by atoms with van der Waals surface area (Å²) < 4.78 is 1.36. The van der Waals surface area contributed by atoms with Crippen LogP contribution in [0, 0.1) is 0 Å². The van der Waals surface area contributed by atoms with Crippen molar-refractivity contribution >= 4 is 23.9 Å². The minimum absolute atomic E-state index is 0.178. The first-order valence-electron chi connectivity index (χ1n) is 18.1. The van der Waals surface area contributed by atoms with Crippen molar-refractivity contribution in [2.24, 2.45) is 0 Å². The number of aromatic hydroxyl groups is 4. The van der Waals surface area contributed by atoms with Crippen molar-refractivity contribution in [3.05, 3.63) is 24.3 Å². The van der Waals surface area contributed by atoms with Crippen molar-refractivity contribution in [1.29, 1.82) is 0 Å². The Morgan fingerprint density at radius 1 is 0.412 bits per heavy atom. The van der Waals surface area contributed by atoms with Gasteiger partial charge in [-0.25, -0.2) is 9.59 Å². The van der Waals surface area contributed by atoms with Gasteiger partial charge in [0.2, 0.25) is 23.5 Å². The maximum absolute atomic E-state index is 11.9. The molecule has 0 amide bonds. The zero-order valence-electron chi connectivity index (χ0n) is 29.5. The Bertz CT molecular complexity index is 1160. The lowest BCUT2D eigenvalue weighted by molar-refractivity contribution is -0.152. The number of aromatic nitrogens is 2. The van der Waals surface area contributed by atoms with Gasteiger partial charge in [0.1, 0.15) is 0 Å². The Balaban J connectivity index is 1.26. The summed E-state index contributed by atoms with van der Waals surface area (Å²) in [7, 11) is 0. The summed E-state index contributed by atoms with van der Waals surface area (Å²) in [5, 5.41) is 37.9. The van der Waals surface area contributed by atoms with Gasteiger partial charge in [-0.1, -0.05) is 70.6 Å². The van der Waals surface area contributed by atoms with Gasteiger partial charge in [0.05, 0.1) is 0 Å². The van der Waals surface area contributed by atoms with E-state index < -0.39 is 11.9 Å². The molecule has 0 spiro atoms. The second kappa shape index (κ2) is 26.4. The monoisotopic (exact) mass is 724 g/mol. The molecular formula is C35H56N4O12. The van der Waals surface area contributed by atoms with Crippen LogP contribution in [0.3, 0.4) is 0 Å². The summed E-state index contributed by atoms with van der Waals surface area (Å²) in [6.45, 7) is 1.12. The molecule has 0 atom stereocenters. The van der Waals surface area contributed by atoms with Crippen molar-refractivity contribution in [3.63, 3.8) is 0 Å². The highest BCUT2D eigenvalue weighted by molar-refractivity contribution is 5.70. The van der Waals surface area contributed by atoms with E-state index in [1.54, 1.807) is 0 Å². The topological polar surface area (TPSA) is 220 Å². The van der Waals surface area contributed by atoms with Crippen LogP contribution in [0.5, 0.6) is 23.5 Å². The number of nitrogens with one attached hydrogen (secondary N) is 2. The van der Waals surface area contributed by atoms with Crippen LogP contribution in [0.25, 0.3) is 0 Å². The van der Waals surface area contributed by atoms with Gasteiger partial charge in [0.25, 0.3) is 0 Å². The molecule has 2 rings (SSSR count). The second-order valence-corrected chi connectivity index (χ2v) is 12.4. The molecule has 0 saturated carbocycles. The Morgan fingerprint density at radius 2 is 0.667 bits per heavy atom. The molecule has 0 aliphatic heterocycles. The van der Waals surface area contributed by atoms with Gasteiger partial charge in [-0.05, 0) is 38.5 Å². The number of rotatable bonds is 30. The van der Waals surface area contributed by atoms with Gasteiger partial charge in [0.15, 0.2) is 0 Å². The third-order valence-electron chi connectivity index (χ3n) is 7.93. The van der Waals surface area contributed by atoms with E-state index in [0.717, 1.165) is 96.3 Å². The Morgan fingerprint density at radius 3 is 0.980 bits per heavy atom. The van der Waals surface area contributed by atoms with Crippen molar-refractivity contribution in [1.82, 2.24) is 20.4 Å². The molecule has 0 aliphatic rings. The molecule has 0 radical (unpaired) electrons. The molecule has 0 unspecified atom stereocenters. The van der Waals surface area contributed by atoms with Crippen LogP contribution in [-0.2, 0) is 28.9 Å². The van der Waals surface area contributed by atoms with Crippen LogP contribution < -0.4 is 20.6 Å². The highest BCUT2D eigenvalue weighted by Gasteiger charge is 2.13. The zero-order valence-corrected chi connectivity index (χ0v) is 29.5. The number of hydrogen-bond acceptors (Lipinski definition) is 14. The average Bonchev–Trinajstić information content (AvgIpc) is 3.59. The zero-order chi connectivity index (χ0) is 37.1. The van der Waals surface area contributed by atoms with Gasteiger partial charge >= 0.3 is 23.9 Å². The molecule has 16 heteroatoms. The summed E-state index contributed by atoms with van der Waals surface area (Å²) in [6, 6.07) is 4.90. The van der Waals surface area contributed by atoms with Crippen LogP contribution in [0.15, 0.2) is 24.3 Å². The van der Waals surface area contributed by atoms with Crippen LogP contribution >= 0.6 is 0 Å². The molecule has 288 valence electrons. The summed E-state index contributed by atoms with van der Waals surface area (Å²) >= 11 is 0. The molecule has 2 heterocycles. The van der Waals surface area contributed by atoms with E-state index in [4.69, 9.17) is 19.4 Å². The summed E-state index contributed by atoms with van der Waals surface area (Å²) in [4.78, 5) is 67.3. The lowest BCUT2D eigenvalue weighted by Gasteiger charge is -2.07. The number of nitrogens with zero attached hydrogens (tertiary/aromatic N) is 2. The van der Waals surface area contributed by atoms with E-state index in [9.17, 15) is 39.6 Å². The predicted octanol–water partition coefficient (Wildman–Crippen LogP) is 5.01. The maximum Gasteiger partial charge on any atom is 0.333 e. The molecular weight excluding hydrogens is 668 g/mol. The third-order valence-corrected chi connectivity index (χ3v) is 7.93. The largest absolute Gasteiger partial charge is 0.492 e. The number of unbranched alkanes of at least 4 members (excludes halogenated alkanes) is 14. The van der Waals surface area contributed by atoms with E-state index in [1.165, 1.54) is 24.3 Å². The number of carbonyl (C=O) groups excluding carboxylic acids is 4. The first-order chi connectivity index (χ1) is 24.7. The summed E-state index contributed by atoms with van der Waals surface area (Å²) in [6.07, 6.45) is 15.9. The fraction of sp³-hybridized carbons (Fsp3) is 0.657. The summed E-state index contributed by atoms with van der Waals surface area (Å²) in [5.41, 5.74) is 5.42. The molecule has 0 aromatic carbocycles. The maximum atomic E-state index is 11.9. The second-order valence-electron chi connectivity index (χ2n) is 12.4. The highest BCUT2D eigenvalue weighted by atomic mass is 16.7. The minimum Gasteiger partial charge on any atom is -0.492 e. The van der Waals surface area contributed by atoms with E-state index in [-0.39, 0.29) is 48.3 Å². The molecule has 2 aromatic rings. The predicted molar refractivity (Wildman–Crippen MR) is 184 cm³/mol. The van der Waals surface area contributed by atoms with Gasteiger partial charge in [-0.3, -0.25) is 9.59 Å². The molecule has 0 aliphatic carbocycles. The van der Waals surface area contributed by atoms with E-state index in [1.807, 2.05) is 0 Å². The average molecular weight is 725 g/mol. The van der Waals surface area contributed by atoms with E-state index in [0.29, 0.717) is 48.2 Å². The molecule has 51 heavy (non-hydrogen) atoms. The number of hydrogen-bond donors (Lipinski definition) is 6. The van der Waals surface area contributed by atoms with Gasteiger partial charge < -0.3 is 39.8 Å². The standard InChI is InChI=1S/C35H56N4O12/c40-28-22-23-29(41)38(28)50-34(46)20-14-8-4-10-16-26-36-48-32(44)18-12-6-2-1-3-7-13-19-33(45)49-37-27-17-11-5-9-15-21-35(47)51-39-30(42)24-25-31(39)43/h22-25,36-37,40-43H,1-21,26-27H2. The number of carbonyl (C=O) groups is 4. The highest BCUT2D eigenvalue weighted by Crippen LogP contribution is 2.20. The molecule has 0 fully saturated rings. The van der Waals surface area contributed by atoms with Gasteiger partial charge in [-0.15, -0.1) is 9.46 Å². The van der Waals surface area contributed by atoms with Crippen molar-refractivity contribution in [3.8, 4) is 23.5 Å². The third kappa shape index (κ3) is 20.1. The smallest absolute Gasteiger partial charge is 0.333 e. The van der Waals surface area contributed by atoms with Crippen LogP contribution in [0.1, 0.15) is 135 Å². The SMILES string of the molecule is O=C(CCCCCCCCCC(=O)ONCCCCCCCC(=O)On1c(O)ccc1O)ONCCCCCCCC(=O)On1c(O)ccc1O. The molecule has 2 aromatic heterocycles. The first kappa shape index (κ1) is 42.7. The lowest BCUT2D eigenvalue weighted by atomic mass is 10.1. The molecule has 16 nitrogen and oxygen atoms in total. The quantitative estimate of drug-likeness (QED) is 0.0461. The fourth-order valence-electron chi connectivity index (χ4n) is 5.07. The van der Waals surface area contributed by atoms with Crippen LogP contribution in [0.4, 0.5) is 0 Å². The van der Waals surface area contributed by atoms with Crippen LogP contribution in [0.2, 0.25) is 0 Å². The van der Waals surface area contributed by atoms with Crippen LogP contribution in [-0.4, -0.2) is 66.9 Å². The van der Waals surface area contributed by atoms with Crippen molar-refractivity contribution in [2.45, 2.75) is 135 Å². The van der Waals surface area contributed by atoms with Crippen molar-refractivity contribution < 1.29 is 59.0 Å². The Labute approximate surface area is 298 Å². The van der Waals surface area contributed by atoms with Crippen molar-refractivity contribution in [2.75, 3.05) is 13.1 Å². The normalized spacial score (nSPS) is 11.0. The lowest BCUT2D eigenvalue weighted by Crippen LogP contribution is -2.21. The van der Waals surface area contributed by atoms with E-state index >= 15 is 0 Å². The van der Waals surface area contributed by atoms with Gasteiger partial charge in [-0.2, -0.15) is 11.0 Å². The Kier molecular flexibility index (Phi) is 22.1. The minimum atomic E-state index is -0.536. The molecule has 0 bridgehead atoms. The van der Waals surface area contributed by atoms with E-state index in [2.05, 4.69) is 11.0 Å². The molecule has 6 N–H and O–H groups in total. The first-order valence-corrected chi connectivity index (χ1v) is 18.1. The number of hydroxylamine groups is 2. The fourth-order valence-corrected chi connectivity index (χ4v) is 5.07.